The van der Waals surface area contributed by atoms with Crippen LogP contribution in [0, 0.1) is 6.92 Å². The van der Waals surface area contributed by atoms with E-state index in [4.69, 9.17) is 14.7 Å². The zero-order chi connectivity index (χ0) is 19.0. The lowest BCUT2D eigenvalue weighted by atomic mass is 9.99. The van der Waals surface area contributed by atoms with E-state index in [0.29, 0.717) is 6.42 Å². The molecule has 0 bridgehead atoms. The summed E-state index contributed by atoms with van der Waals surface area (Å²) in [6, 6.07) is 18.5. The second kappa shape index (κ2) is 6.68. The molecule has 3 aromatic rings. The molecule has 0 saturated carbocycles. The van der Waals surface area contributed by atoms with Crippen molar-refractivity contribution in [1.82, 2.24) is 0 Å². The van der Waals surface area contributed by atoms with Gasteiger partial charge in [0.05, 0.1) is 22.9 Å². The van der Waals surface area contributed by atoms with E-state index in [9.17, 15) is 8.42 Å². The molecule has 1 aromatic heterocycles. The fourth-order valence-electron chi connectivity index (χ4n) is 3.18. The Morgan fingerprint density at radius 1 is 1.07 bits per heavy atom. The number of aryl methyl sites for hydroxylation is 1. The molecule has 0 fully saturated rings. The van der Waals surface area contributed by atoms with Crippen molar-refractivity contribution in [2.24, 2.45) is 10.2 Å². The van der Waals surface area contributed by atoms with E-state index in [2.05, 4.69) is 24.3 Å². The Bertz CT molecular complexity index is 1070. The van der Waals surface area contributed by atoms with Gasteiger partial charge in [-0.1, -0.05) is 29.8 Å². The van der Waals surface area contributed by atoms with Crippen molar-refractivity contribution < 1.29 is 12.8 Å². The number of furan rings is 1. The van der Waals surface area contributed by atoms with E-state index in [-0.39, 0.29) is 10.9 Å². The van der Waals surface area contributed by atoms with Crippen LogP contribution < -0.4 is 10.1 Å². The summed E-state index contributed by atoms with van der Waals surface area (Å²) in [5.41, 5.74) is 3.95. The summed E-state index contributed by atoms with van der Waals surface area (Å²) in [6.07, 6.45) is 2.32. The lowest BCUT2D eigenvalue weighted by Crippen LogP contribution is -2.19. The maximum absolute atomic E-state index is 11.5. The van der Waals surface area contributed by atoms with E-state index in [0.717, 1.165) is 22.7 Å². The molecule has 1 aliphatic heterocycles. The van der Waals surface area contributed by atoms with Crippen LogP contribution in [0.4, 0.5) is 5.69 Å². The van der Waals surface area contributed by atoms with Gasteiger partial charge in [0.15, 0.2) is 0 Å². The topological polar surface area (TPSA) is 88.9 Å². The highest BCUT2D eigenvalue weighted by atomic mass is 32.2. The Morgan fingerprint density at radius 2 is 1.78 bits per heavy atom. The molecule has 1 atom stereocenters. The summed E-state index contributed by atoms with van der Waals surface area (Å²) in [5, 5.41) is 11.8. The molecule has 1 aliphatic rings. The molecule has 2 N–H and O–H groups in total. The summed E-state index contributed by atoms with van der Waals surface area (Å²) in [5.74, 6) is 0.732. The maximum atomic E-state index is 11.5. The quantitative estimate of drug-likeness (QED) is 0.748. The molecule has 27 heavy (non-hydrogen) atoms. The Hall–Kier alpha value is -2.90. The highest BCUT2D eigenvalue weighted by Crippen LogP contribution is 2.37. The smallest absolute Gasteiger partial charge is 0.238 e. The Balaban J connectivity index is 1.74. The van der Waals surface area contributed by atoms with Crippen molar-refractivity contribution in [3.05, 3.63) is 83.8 Å². The van der Waals surface area contributed by atoms with Crippen molar-refractivity contribution in [3.63, 3.8) is 0 Å². The normalized spacial score (nSPS) is 17.2. The fraction of sp³-hybridized carbons (Fsp3) is 0.150. The summed E-state index contributed by atoms with van der Waals surface area (Å²) in [4.78, 5) is 0.0765. The number of hydrogen-bond acceptors (Lipinski definition) is 5. The highest BCUT2D eigenvalue weighted by Gasteiger charge is 2.31. The van der Waals surface area contributed by atoms with E-state index in [1.165, 1.54) is 17.7 Å². The minimum Gasteiger partial charge on any atom is -0.463 e. The third kappa shape index (κ3) is 3.51. The number of hydrogen-bond donors (Lipinski definition) is 1. The van der Waals surface area contributed by atoms with Gasteiger partial charge in [0.2, 0.25) is 10.0 Å². The molecule has 7 heteroatoms. The zero-order valence-electron chi connectivity index (χ0n) is 14.7. The number of primary sulfonamides is 1. The van der Waals surface area contributed by atoms with Gasteiger partial charge < -0.3 is 4.42 Å². The third-order valence-corrected chi connectivity index (χ3v) is 5.54. The van der Waals surface area contributed by atoms with Gasteiger partial charge in [-0.2, -0.15) is 5.10 Å². The predicted octanol–water partition coefficient (Wildman–Crippen LogP) is 3.59. The van der Waals surface area contributed by atoms with Crippen LogP contribution in [0.5, 0.6) is 0 Å². The summed E-state index contributed by atoms with van der Waals surface area (Å²) in [7, 11) is -3.73. The standard InChI is InChI=1S/C20H19N3O3S/c1-14-4-6-15(7-5-14)19-13-18(20-3-2-12-26-20)22-23(19)16-8-10-17(11-9-16)27(21,24)25/h2-12,19H,13H2,1H3,(H2,21,24,25). The first-order chi connectivity index (χ1) is 12.9. The number of benzene rings is 2. The van der Waals surface area contributed by atoms with E-state index >= 15 is 0 Å². The van der Waals surface area contributed by atoms with Crippen LogP contribution in [0.1, 0.15) is 29.3 Å². The number of anilines is 1. The summed E-state index contributed by atoms with van der Waals surface area (Å²) in [6.45, 7) is 2.05. The van der Waals surface area contributed by atoms with Gasteiger partial charge in [-0.3, -0.25) is 5.01 Å². The van der Waals surface area contributed by atoms with Crippen LogP contribution in [0.3, 0.4) is 0 Å². The molecular formula is C20H19N3O3S. The molecule has 0 amide bonds. The minimum absolute atomic E-state index is 0.00830. The fourth-order valence-corrected chi connectivity index (χ4v) is 3.69. The Labute approximate surface area is 158 Å². The second-order valence-electron chi connectivity index (χ2n) is 6.54. The van der Waals surface area contributed by atoms with Crippen molar-refractivity contribution in [2.75, 3.05) is 5.01 Å². The first-order valence-corrected chi connectivity index (χ1v) is 10.1. The monoisotopic (exact) mass is 381 g/mol. The Kier molecular flexibility index (Phi) is 4.33. The van der Waals surface area contributed by atoms with Gasteiger partial charge in [0.25, 0.3) is 0 Å². The molecular weight excluding hydrogens is 362 g/mol. The molecule has 0 saturated heterocycles. The van der Waals surface area contributed by atoms with E-state index in [1.807, 2.05) is 24.1 Å². The SMILES string of the molecule is Cc1ccc(C2CC(c3ccco3)=NN2c2ccc(S(N)(=O)=O)cc2)cc1. The molecule has 2 aromatic carbocycles. The average molecular weight is 381 g/mol. The average Bonchev–Trinajstić information content (AvgIpc) is 3.31. The van der Waals surface area contributed by atoms with Crippen LogP contribution in [0.2, 0.25) is 0 Å². The largest absolute Gasteiger partial charge is 0.463 e. The lowest BCUT2D eigenvalue weighted by molar-refractivity contribution is 0.556. The molecule has 0 aliphatic carbocycles. The van der Waals surface area contributed by atoms with Crippen LogP contribution in [0.15, 0.2) is 81.3 Å². The van der Waals surface area contributed by atoms with Crippen molar-refractivity contribution in [2.45, 2.75) is 24.3 Å². The number of nitrogens with zero attached hydrogens (tertiary/aromatic N) is 2. The van der Waals surface area contributed by atoms with Gasteiger partial charge in [0, 0.05) is 6.42 Å². The molecule has 6 nitrogen and oxygen atoms in total. The first kappa shape index (κ1) is 17.5. The third-order valence-electron chi connectivity index (χ3n) is 4.61. The summed E-state index contributed by atoms with van der Waals surface area (Å²) >= 11 is 0. The molecule has 138 valence electrons. The predicted molar refractivity (Wildman–Crippen MR) is 104 cm³/mol. The molecule has 4 rings (SSSR count). The van der Waals surface area contributed by atoms with Crippen molar-refractivity contribution in [3.8, 4) is 0 Å². The molecule has 0 radical (unpaired) electrons. The van der Waals surface area contributed by atoms with E-state index < -0.39 is 10.0 Å². The number of hydrazone groups is 1. The minimum atomic E-state index is -3.73. The second-order valence-corrected chi connectivity index (χ2v) is 8.10. The number of nitrogens with two attached hydrogens (primary N) is 1. The maximum Gasteiger partial charge on any atom is 0.238 e. The van der Waals surface area contributed by atoms with Crippen LogP contribution in [0.25, 0.3) is 0 Å². The van der Waals surface area contributed by atoms with Gasteiger partial charge in [-0.25, -0.2) is 13.6 Å². The number of rotatable bonds is 4. The van der Waals surface area contributed by atoms with Gasteiger partial charge in [0.1, 0.15) is 11.5 Å². The highest BCUT2D eigenvalue weighted by molar-refractivity contribution is 7.89. The molecule has 0 spiro atoms. The van der Waals surface area contributed by atoms with Crippen LogP contribution >= 0.6 is 0 Å². The van der Waals surface area contributed by atoms with Gasteiger partial charge in [-0.15, -0.1) is 0 Å². The van der Waals surface area contributed by atoms with Crippen molar-refractivity contribution >= 4 is 21.4 Å². The molecule has 1 unspecified atom stereocenters. The summed E-state index contributed by atoms with van der Waals surface area (Å²) < 4.78 is 28.5. The van der Waals surface area contributed by atoms with Crippen LogP contribution in [-0.2, 0) is 10.0 Å². The van der Waals surface area contributed by atoms with Gasteiger partial charge in [-0.05, 0) is 48.9 Å². The zero-order valence-corrected chi connectivity index (χ0v) is 15.6. The van der Waals surface area contributed by atoms with Crippen LogP contribution in [-0.4, -0.2) is 14.1 Å². The number of sulfonamides is 1. The Morgan fingerprint density at radius 3 is 2.37 bits per heavy atom. The first-order valence-electron chi connectivity index (χ1n) is 8.52. The lowest BCUT2D eigenvalue weighted by Gasteiger charge is -2.24. The molecule has 2 heterocycles. The van der Waals surface area contributed by atoms with Gasteiger partial charge >= 0.3 is 0 Å². The van der Waals surface area contributed by atoms with E-state index in [1.54, 1.807) is 18.4 Å². The van der Waals surface area contributed by atoms with Crippen molar-refractivity contribution in [1.29, 1.82) is 0 Å².